The van der Waals surface area contributed by atoms with Gasteiger partial charge < -0.3 is 19.4 Å². The summed E-state index contributed by atoms with van der Waals surface area (Å²) in [5.41, 5.74) is 1.53. The molecule has 3 heterocycles. The molecule has 1 aliphatic heterocycles. The number of rotatable bonds is 8. The van der Waals surface area contributed by atoms with Gasteiger partial charge in [-0.2, -0.15) is 13.2 Å². The monoisotopic (exact) mass is 578 g/mol. The number of aromatic nitrogens is 4. The van der Waals surface area contributed by atoms with Crippen molar-refractivity contribution in [3.05, 3.63) is 82.9 Å². The Hall–Kier alpha value is -4.48. The molecule has 0 unspecified atom stereocenters. The molecule has 0 spiro atoms. The minimum atomic E-state index is -4.45. The number of ether oxygens (including phenoxy) is 2. The van der Waals surface area contributed by atoms with Gasteiger partial charge in [0.25, 0.3) is 5.90 Å². The number of anilines is 1. The maximum Gasteiger partial charge on any atom is 0.416 e. The second-order valence-electron chi connectivity index (χ2n) is 10.6. The minimum absolute atomic E-state index is 0.0442. The Morgan fingerprint density at radius 1 is 1.10 bits per heavy atom. The summed E-state index contributed by atoms with van der Waals surface area (Å²) in [5, 5.41) is 3.45. The number of aliphatic imine (C=N–C) groups is 1. The number of nitrogens with one attached hydrogen (secondary N) is 1. The first kappa shape index (κ1) is 27.7. The number of benzene rings is 2. The second-order valence-corrected chi connectivity index (χ2v) is 10.6. The molecule has 0 radical (unpaired) electrons. The Bertz CT molecular complexity index is 1630. The fourth-order valence-electron chi connectivity index (χ4n) is 5.23. The van der Waals surface area contributed by atoms with Crippen LogP contribution < -0.4 is 5.32 Å². The molecule has 2 aliphatic rings. The van der Waals surface area contributed by atoms with E-state index < -0.39 is 17.7 Å². The molecule has 2 aromatic carbocycles. The molecule has 4 aromatic rings. The SMILES string of the molecule is COC(=O)c1nc(N[C@H](C)C2CCC2)c2c(n1)nc(C1=N[C@H](c3ccccc3)CO1)n2Cc1ccc(C(F)(F)F)cc1. The Balaban J connectivity index is 1.49. The summed E-state index contributed by atoms with van der Waals surface area (Å²) in [4.78, 5) is 30.9. The number of nitrogens with zero attached hydrogens (tertiary/aromatic N) is 5. The van der Waals surface area contributed by atoms with Crippen LogP contribution in [0.4, 0.5) is 19.0 Å². The third-order valence-corrected chi connectivity index (χ3v) is 7.84. The van der Waals surface area contributed by atoms with Crippen LogP contribution in [0.25, 0.3) is 11.2 Å². The van der Waals surface area contributed by atoms with Crippen LogP contribution in [0.1, 0.15) is 65.4 Å². The number of hydrogen-bond donors (Lipinski definition) is 1. The zero-order chi connectivity index (χ0) is 29.4. The van der Waals surface area contributed by atoms with E-state index in [0.29, 0.717) is 35.2 Å². The van der Waals surface area contributed by atoms with Gasteiger partial charge in [0.05, 0.1) is 19.2 Å². The van der Waals surface area contributed by atoms with Gasteiger partial charge in [0.1, 0.15) is 18.2 Å². The highest BCUT2D eigenvalue weighted by molar-refractivity contribution is 5.98. The van der Waals surface area contributed by atoms with E-state index in [9.17, 15) is 18.0 Å². The van der Waals surface area contributed by atoms with Crippen molar-refractivity contribution in [1.82, 2.24) is 19.5 Å². The zero-order valence-electron chi connectivity index (χ0n) is 23.1. The van der Waals surface area contributed by atoms with Crippen molar-refractivity contribution in [2.45, 2.75) is 51.0 Å². The first-order valence-electron chi connectivity index (χ1n) is 13.8. The van der Waals surface area contributed by atoms with Crippen LogP contribution in [-0.4, -0.2) is 51.1 Å². The normalized spacial score (nSPS) is 17.8. The Morgan fingerprint density at radius 3 is 2.48 bits per heavy atom. The largest absolute Gasteiger partial charge is 0.473 e. The smallest absolute Gasteiger partial charge is 0.416 e. The molecule has 218 valence electrons. The number of imidazole rings is 1. The fourth-order valence-corrected chi connectivity index (χ4v) is 5.23. The molecule has 9 nitrogen and oxygen atoms in total. The first-order valence-corrected chi connectivity index (χ1v) is 13.8. The predicted octanol–water partition coefficient (Wildman–Crippen LogP) is 5.80. The molecule has 2 aromatic heterocycles. The number of esters is 1. The van der Waals surface area contributed by atoms with E-state index in [1.165, 1.54) is 19.2 Å². The summed E-state index contributed by atoms with van der Waals surface area (Å²) < 4.78 is 52.4. The lowest BCUT2D eigenvalue weighted by molar-refractivity contribution is -0.137. The number of carbonyl (C=O) groups excluding carboxylic acids is 1. The Kier molecular flexibility index (Phi) is 7.29. The highest BCUT2D eigenvalue weighted by Crippen LogP contribution is 2.34. The van der Waals surface area contributed by atoms with Crippen molar-refractivity contribution in [2.75, 3.05) is 19.0 Å². The quantitative estimate of drug-likeness (QED) is 0.264. The maximum atomic E-state index is 13.2. The maximum absolute atomic E-state index is 13.2. The molecule has 0 saturated heterocycles. The summed E-state index contributed by atoms with van der Waals surface area (Å²) in [6.07, 6.45) is -1.14. The standard InChI is InChI=1S/C30H29F3N6O3/c1-17(19-9-6-10-19)34-24-23-25(37-26(36-24)29(40)41-2)38-27(28-35-22(16-42-28)20-7-4-3-5-8-20)39(23)15-18-11-13-21(14-12-18)30(31,32)33/h3-5,7-8,11-14,17,19,22H,6,9-10,15-16H2,1-2H3,(H,34,36,37)/t17-,22+/m1/s1. The van der Waals surface area contributed by atoms with Gasteiger partial charge in [-0.25, -0.2) is 24.7 Å². The molecule has 0 bridgehead atoms. The van der Waals surface area contributed by atoms with Gasteiger partial charge in [-0.05, 0) is 48.9 Å². The Labute approximate surface area is 239 Å². The van der Waals surface area contributed by atoms with Crippen molar-refractivity contribution in [1.29, 1.82) is 0 Å². The van der Waals surface area contributed by atoms with Crippen molar-refractivity contribution < 1.29 is 27.4 Å². The summed E-state index contributed by atoms with van der Waals surface area (Å²) in [6, 6.07) is 14.4. The molecule has 6 rings (SSSR count). The van der Waals surface area contributed by atoms with E-state index in [1.54, 1.807) is 4.57 Å². The highest BCUT2D eigenvalue weighted by atomic mass is 19.4. The third-order valence-electron chi connectivity index (χ3n) is 7.84. The van der Waals surface area contributed by atoms with Crippen molar-refractivity contribution >= 4 is 28.8 Å². The molecule has 1 fully saturated rings. The topological polar surface area (TPSA) is 104 Å². The van der Waals surface area contributed by atoms with Crippen molar-refractivity contribution in [3.8, 4) is 0 Å². The van der Waals surface area contributed by atoms with Crippen LogP contribution in [0.3, 0.4) is 0 Å². The molecular formula is C30H29F3N6O3. The van der Waals surface area contributed by atoms with Crippen molar-refractivity contribution in [2.24, 2.45) is 10.9 Å². The summed E-state index contributed by atoms with van der Waals surface area (Å²) in [6.45, 7) is 2.49. The average molecular weight is 579 g/mol. The Morgan fingerprint density at radius 2 is 1.83 bits per heavy atom. The summed E-state index contributed by atoms with van der Waals surface area (Å²) in [5.74, 6) is 0.551. The van der Waals surface area contributed by atoms with Crippen LogP contribution in [-0.2, 0) is 22.2 Å². The fraction of sp³-hybridized carbons (Fsp3) is 0.367. The highest BCUT2D eigenvalue weighted by Gasteiger charge is 2.32. The van der Waals surface area contributed by atoms with Gasteiger partial charge in [-0.3, -0.25) is 0 Å². The lowest BCUT2D eigenvalue weighted by Crippen LogP contribution is -2.31. The number of hydrogen-bond acceptors (Lipinski definition) is 8. The van der Waals surface area contributed by atoms with E-state index in [0.717, 1.165) is 37.0 Å². The zero-order valence-corrected chi connectivity index (χ0v) is 23.1. The van der Waals surface area contributed by atoms with Crippen molar-refractivity contribution in [3.63, 3.8) is 0 Å². The minimum Gasteiger partial charge on any atom is -0.473 e. The number of methoxy groups -OCH3 is 1. The van der Waals surface area contributed by atoms with Crippen LogP contribution in [0.15, 0.2) is 59.6 Å². The van der Waals surface area contributed by atoms with Gasteiger partial charge in [0.15, 0.2) is 17.3 Å². The molecule has 0 amide bonds. The summed E-state index contributed by atoms with van der Waals surface area (Å²) in [7, 11) is 1.25. The van der Waals surface area contributed by atoms with Gasteiger partial charge in [0.2, 0.25) is 5.82 Å². The molecule has 1 saturated carbocycles. The van der Waals surface area contributed by atoms with E-state index in [2.05, 4.69) is 22.2 Å². The number of halogens is 3. The van der Waals surface area contributed by atoms with Crippen LogP contribution in [0.2, 0.25) is 0 Å². The number of alkyl halides is 3. The third kappa shape index (κ3) is 5.40. The molecular weight excluding hydrogens is 549 g/mol. The van der Waals surface area contributed by atoms with Crippen LogP contribution in [0, 0.1) is 5.92 Å². The van der Waals surface area contributed by atoms with Crippen LogP contribution in [0.5, 0.6) is 0 Å². The van der Waals surface area contributed by atoms with Gasteiger partial charge >= 0.3 is 12.1 Å². The predicted molar refractivity (Wildman–Crippen MR) is 149 cm³/mol. The second kappa shape index (κ2) is 11.1. The molecule has 1 N–H and O–H groups in total. The van der Waals surface area contributed by atoms with E-state index in [-0.39, 0.29) is 36.0 Å². The van der Waals surface area contributed by atoms with E-state index in [4.69, 9.17) is 19.5 Å². The average Bonchev–Trinajstić information content (AvgIpc) is 3.57. The van der Waals surface area contributed by atoms with Crippen LogP contribution >= 0.6 is 0 Å². The van der Waals surface area contributed by atoms with Gasteiger partial charge in [0, 0.05) is 6.04 Å². The summed E-state index contributed by atoms with van der Waals surface area (Å²) >= 11 is 0. The van der Waals surface area contributed by atoms with E-state index in [1.807, 2.05) is 30.3 Å². The van der Waals surface area contributed by atoms with Gasteiger partial charge in [-0.1, -0.05) is 48.9 Å². The number of fused-ring (bicyclic) bond motifs is 1. The molecule has 42 heavy (non-hydrogen) atoms. The lowest BCUT2D eigenvalue weighted by atomic mass is 9.80. The first-order chi connectivity index (χ1) is 20.2. The van der Waals surface area contributed by atoms with Gasteiger partial charge in [-0.15, -0.1) is 0 Å². The molecule has 12 heteroatoms. The molecule has 2 atom stereocenters. The molecule has 1 aliphatic carbocycles. The number of carbonyl (C=O) groups is 1. The lowest BCUT2D eigenvalue weighted by Gasteiger charge is -2.32. The van der Waals surface area contributed by atoms with E-state index >= 15 is 0 Å².